The Morgan fingerprint density at radius 2 is 2.00 bits per heavy atom. The summed E-state index contributed by atoms with van der Waals surface area (Å²) in [4.78, 5) is 4.96. The molecule has 0 amide bonds. The largest absolute Gasteiger partial charge is 0.488 e. The maximum Gasteiger partial charge on any atom is 0.191 e. The fraction of sp³-hybridized carbons (Fsp3) is 0.435. The number of hydrogen-bond acceptors (Lipinski definition) is 5. The van der Waals surface area contributed by atoms with Gasteiger partial charge in [0.05, 0.1) is 30.4 Å². The Morgan fingerprint density at radius 3 is 2.71 bits per heavy atom. The molecule has 1 unspecified atom stereocenters. The van der Waals surface area contributed by atoms with Crippen LogP contribution >= 0.6 is 0 Å². The summed E-state index contributed by atoms with van der Waals surface area (Å²) in [5.74, 6) is 1.38. The van der Waals surface area contributed by atoms with E-state index in [1.807, 2.05) is 32.0 Å². The Morgan fingerprint density at radius 1 is 1.19 bits per heavy atom. The van der Waals surface area contributed by atoms with Crippen molar-refractivity contribution in [2.24, 2.45) is 4.99 Å². The Labute approximate surface area is 184 Å². The van der Waals surface area contributed by atoms with Crippen LogP contribution in [0, 0.1) is 6.92 Å². The molecule has 1 saturated heterocycles. The van der Waals surface area contributed by atoms with Crippen LogP contribution in [0.2, 0.25) is 0 Å². The molecule has 31 heavy (non-hydrogen) atoms. The van der Waals surface area contributed by atoms with Gasteiger partial charge in [-0.25, -0.2) is 13.4 Å². The van der Waals surface area contributed by atoms with Gasteiger partial charge in [0.25, 0.3) is 0 Å². The van der Waals surface area contributed by atoms with E-state index >= 15 is 0 Å². The van der Waals surface area contributed by atoms with Crippen molar-refractivity contribution in [2.75, 3.05) is 32.1 Å². The van der Waals surface area contributed by atoms with E-state index in [0.717, 1.165) is 29.9 Å². The predicted octanol–water partition coefficient (Wildman–Crippen LogP) is 2.69. The molecule has 7 nitrogen and oxygen atoms in total. The highest BCUT2D eigenvalue weighted by molar-refractivity contribution is 7.91. The number of aliphatic imine (C=N–C) groups is 1. The molecular formula is C23H31N3O4S. The molecule has 2 aromatic carbocycles. The second-order valence-corrected chi connectivity index (χ2v) is 9.58. The zero-order valence-corrected chi connectivity index (χ0v) is 19.0. The van der Waals surface area contributed by atoms with Crippen molar-refractivity contribution in [1.29, 1.82) is 0 Å². The third kappa shape index (κ3) is 6.97. The van der Waals surface area contributed by atoms with Gasteiger partial charge in [-0.3, -0.25) is 0 Å². The number of ether oxygens (including phenoxy) is 2. The van der Waals surface area contributed by atoms with Crippen LogP contribution in [0.4, 0.5) is 0 Å². The number of benzene rings is 2. The van der Waals surface area contributed by atoms with Gasteiger partial charge in [0.2, 0.25) is 0 Å². The minimum atomic E-state index is -3.34. The molecule has 168 valence electrons. The van der Waals surface area contributed by atoms with E-state index in [1.54, 1.807) is 30.3 Å². The lowest BCUT2D eigenvalue weighted by molar-refractivity contribution is 0.140. The van der Waals surface area contributed by atoms with E-state index in [1.165, 1.54) is 0 Å². The first-order valence-corrected chi connectivity index (χ1v) is 12.3. The second-order valence-electron chi connectivity index (χ2n) is 7.47. The van der Waals surface area contributed by atoms with Crippen molar-refractivity contribution in [2.45, 2.75) is 37.8 Å². The van der Waals surface area contributed by atoms with Gasteiger partial charge < -0.3 is 20.1 Å². The lowest BCUT2D eigenvalue weighted by Crippen LogP contribution is -2.39. The molecule has 0 spiro atoms. The van der Waals surface area contributed by atoms with Crippen LogP contribution in [0.15, 0.2) is 58.4 Å². The highest BCUT2D eigenvalue weighted by Gasteiger charge is 2.19. The molecular weight excluding hydrogens is 414 g/mol. The molecule has 0 aliphatic carbocycles. The third-order valence-electron chi connectivity index (χ3n) is 4.92. The zero-order valence-electron chi connectivity index (χ0n) is 18.1. The smallest absolute Gasteiger partial charge is 0.191 e. The molecule has 1 fully saturated rings. The third-order valence-corrected chi connectivity index (χ3v) is 6.65. The van der Waals surface area contributed by atoms with Gasteiger partial charge in [-0.1, -0.05) is 30.3 Å². The van der Waals surface area contributed by atoms with E-state index in [9.17, 15) is 8.42 Å². The van der Waals surface area contributed by atoms with Crippen LogP contribution in [0.3, 0.4) is 0 Å². The van der Waals surface area contributed by atoms with Crippen molar-refractivity contribution < 1.29 is 17.9 Å². The molecule has 0 bridgehead atoms. The molecule has 0 radical (unpaired) electrons. The quantitative estimate of drug-likeness (QED) is 0.456. The highest BCUT2D eigenvalue weighted by Crippen LogP contribution is 2.24. The van der Waals surface area contributed by atoms with E-state index < -0.39 is 9.84 Å². The second kappa shape index (κ2) is 11.2. The van der Waals surface area contributed by atoms with Crippen LogP contribution in [0.25, 0.3) is 0 Å². The van der Waals surface area contributed by atoms with Crippen molar-refractivity contribution in [1.82, 2.24) is 10.6 Å². The standard InChI is InChI=1S/C23H31N3O4S/c1-3-24-23(25-12-14-31(27,28)21-7-5-4-6-8-21)26-16-19-10-9-18(2)15-22(19)30-20-11-13-29-17-20/h4-10,15,20H,3,11-14,16-17H2,1-2H3,(H2,24,25,26). The van der Waals surface area contributed by atoms with Gasteiger partial charge in [-0.2, -0.15) is 0 Å². The van der Waals surface area contributed by atoms with Crippen LogP contribution in [-0.4, -0.2) is 52.5 Å². The van der Waals surface area contributed by atoms with Gasteiger partial charge in [0.15, 0.2) is 15.8 Å². The van der Waals surface area contributed by atoms with Crippen LogP contribution < -0.4 is 15.4 Å². The molecule has 8 heteroatoms. The van der Waals surface area contributed by atoms with E-state index in [2.05, 4.69) is 15.6 Å². The van der Waals surface area contributed by atoms with Gasteiger partial charge in [-0.05, 0) is 37.6 Å². The van der Waals surface area contributed by atoms with E-state index in [0.29, 0.717) is 30.6 Å². The Bertz CT molecular complexity index is 972. The van der Waals surface area contributed by atoms with Crippen LogP contribution in [0.5, 0.6) is 5.75 Å². The fourth-order valence-electron chi connectivity index (χ4n) is 3.24. The van der Waals surface area contributed by atoms with Crippen LogP contribution in [0.1, 0.15) is 24.5 Å². The number of rotatable bonds is 9. The summed E-state index contributed by atoms with van der Waals surface area (Å²) in [6.07, 6.45) is 0.954. The van der Waals surface area contributed by atoms with E-state index in [-0.39, 0.29) is 18.4 Å². The monoisotopic (exact) mass is 445 g/mol. The first-order chi connectivity index (χ1) is 15.0. The minimum Gasteiger partial charge on any atom is -0.488 e. The number of hydrogen-bond donors (Lipinski definition) is 2. The van der Waals surface area contributed by atoms with Gasteiger partial charge in [0, 0.05) is 25.1 Å². The molecule has 1 aliphatic heterocycles. The van der Waals surface area contributed by atoms with E-state index in [4.69, 9.17) is 9.47 Å². The summed E-state index contributed by atoms with van der Waals surface area (Å²) in [6, 6.07) is 14.6. The summed E-state index contributed by atoms with van der Waals surface area (Å²) in [7, 11) is -3.34. The molecule has 0 aromatic heterocycles. The number of sulfone groups is 1. The number of guanidine groups is 1. The molecule has 1 heterocycles. The molecule has 2 aromatic rings. The number of nitrogens with one attached hydrogen (secondary N) is 2. The molecule has 0 saturated carbocycles. The average molecular weight is 446 g/mol. The zero-order chi connectivity index (χ0) is 22.1. The summed E-state index contributed by atoms with van der Waals surface area (Å²) in [5, 5.41) is 6.29. The van der Waals surface area contributed by atoms with Crippen LogP contribution in [-0.2, 0) is 21.1 Å². The van der Waals surface area contributed by atoms with Crippen molar-refractivity contribution in [3.8, 4) is 5.75 Å². The topological polar surface area (TPSA) is 89.0 Å². The molecule has 2 N–H and O–H groups in total. The highest BCUT2D eigenvalue weighted by atomic mass is 32.2. The summed E-state index contributed by atoms with van der Waals surface area (Å²) >= 11 is 0. The number of aryl methyl sites for hydroxylation is 1. The molecule has 1 aliphatic rings. The minimum absolute atomic E-state index is 0.0119. The van der Waals surface area contributed by atoms with Gasteiger partial charge in [-0.15, -0.1) is 0 Å². The van der Waals surface area contributed by atoms with Crippen molar-refractivity contribution in [3.05, 3.63) is 59.7 Å². The lowest BCUT2D eigenvalue weighted by Gasteiger charge is -2.16. The Hall–Kier alpha value is -2.58. The average Bonchev–Trinajstić information content (AvgIpc) is 3.27. The summed E-state index contributed by atoms with van der Waals surface area (Å²) in [5.41, 5.74) is 2.10. The first kappa shape index (κ1) is 23.1. The van der Waals surface area contributed by atoms with Gasteiger partial charge >= 0.3 is 0 Å². The number of nitrogens with zero attached hydrogens (tertiary/aromatic N) is 1. The Kier molecular flexibility index (Phi) is 8.31. The summed E-state index contributed by atoms with van der Waals surface area (Å²) < 4.78 is 36.5. The SMILES string of the molecule is CCNC(=NCc1ccc(C)cc1OC1CCOC1)NCCS(=O)(=O)c1ccccc1. The Balaban J connectivity index is 1.63. The first-order valence-electron chi connectivity index (χ1n) is 10.6. The lowest BCUT2D eigenvalue weighted by atomic mass is 10.1. The predicted molar refractivity (Wildman–Crippen MR) is 122 cm³/mol. The maximum atomic E-state index is 12.5. The van der Waals surface area contributed by atoms with Gasteiger partial charge in [0.1, 0.15) is 11.9 Å². The normalized spacial score (nSPS) is 16.8. The van der Waals surface area contributed by atoms with Crippen molar-refractivity contribution >= 4 is 15.8 Å². The maximum absolute atomic E-state index is 12.5. The molecule has 1 atom stereocenters. The fourth-order valence-corrected chi connectivity index (χ4v) is 4.42. The van der Waals surface area contributed by atoms with Crippen molar-refractivity contribution in [3.63, 3.8) is 0 Å². The molecule has 3 rings (SSSR count). The summed E-state index contributed by atoms with van der Waals surface area (Å²) in [6.45, 7) is 6.70.